The van der Waals surface area contributed by atoms with Crippen LogP contribution in [0.15, 0.2) is 36.5 Å². The number of nitrogens with zero attached hydrogens (tertiary/aromatic N) is 2. The van der Waals surface area contributed by atoms with Crippen LogP contribution >= 0.6 is 11.6 Å². The van der Waals surface area contributed by atoms with Gasteiger partial charge in [0.1, 0.15) is 0 Å². The first kappa shape index (κ1) is 16.1. The van der Waals surface area contributed by atoms with Gasteiger partial charge in [0.15, 0.2) is 5.82 Å². The van der Waals surface area contributed by atoms with E-state index in [0.717, 1.165) is 18.2 Å². The van der Waals surface area contributed by atoms with Gasteiger partial charge in [-0.3, -0.25) is 9.48 Å². The second-order valence-electron chi connectivity index (χ2n) is 4.43. The van der Waals surface area contributed by atoms with E-state index >= 15 is 0 Å². The second kappa shape index (κ2) is 6.23. The van der Waals surface area contributed by atoms with Crippen LogP contribution in [0.3, 0.4) is 0 Å². The smallest absolute Gasteiger partial charge is 0.306 e. The molecule has 0 aliphatic carbocycles. The Hall–Kier alpha value is -2.28. The first-order valence-electron chi connectivity index (χ1n) is 6.11. The Labute approximate surface area is 129 Å². The molecule has 0 saturated heterocycles. The van der Waals surface area contributed by atoms with E-state index < -0.39 is 17.6 Å². The van der Waals surface area contributed by atoms with Crippen LogP contribution in [0.4, 0.5) is 19.0 Å². The highest BCUT2D eigenvalue weighted by Gasteiger charge is 2.33. The van der Waals surface area contributed by atoms with Crippen LogP contribution in [-0.2, 0) is 18.0 Å². The lowest BCUT2D eigenvalue weighted by molar-refractivity contribution is -0.137. The number of aryl methyl sites for hydroxylation is 1. The zero-order valence-corrected chi connectivity index (χ0v) is 12.1. The lowest BCUT2D eigenvalue weighted by atomic mass is 10.1. The molecule has 0 radical (unpaired) electrons. The molecule has 0 aliphatic heterocycles. The lowest BCUT2D eigenvalue weighted by Gasteiger charge is -2.09. The van der Waals surface area contributed by atoms with Gasteiger partial charge in [-0.2, -0.15) is 18.3 Å². The summed E-state index contributed by atoms with van der Waals surface area (Å²) in [6.45, 7) is 0. The Bertz CT molecular complexity index is 722. The van der Waals surface area contributed by atoms with Crippen LogP contribution in [0.25, 0.3) is 6.08 Å². The van der Waals surface area contributed by atoms with Crippen LogP contribution in [0.5, 0.6) is 0 Å². The number of nitrogens with one attached hydrogen (secondary N) is 1. The summed E-state index contributed by atoms with van der Waals surface area (Å²) < 4.78 is 39.7. The molecule has 1 N–H and O–H groups in total. The van der Waals surface area contributed by atoms with Crippen LogP contribution < -0.4 is 5.32 Å². The monoisotopic (exact) mass is 329 g/mol. The first-order chi connectivity index (χ1) is 10.3. The van der Waals surface area contributed by atoms with Crippen LogP contribution in [0, 0.1) is 0 Å². The van der Waals surface area contributed by atoms with Crippen LogP contribution in [-0.4, -0.2) is 15.7 Å². The summed E-state index contributed by atoms with van der Waals surface area (Å²) in [5, 5.41) is 6.05. The third-order valence-electron chi connectivity index (χ3n) is 2.69. The van der Waals surface area contributed by atoms with Gasteiger partial charge >= 0.3 is 6.18 Å². The van der Waals surface area contributed by atoms with Gasteiger partial charge in [-0.25, -0.2) is 0 Å². The summed E-state index contributed by atoms with van der Waals surface area (Å²) in [5.41, 5.74) is -0.727. The van der Waals surface area contributed by atoms with E-state index in [1.54, 1.807) is 19.3 Å². The topological polar surface area (TPSA) is 46.9 Å². The van der Waals surface area contributed by atoms with Crippen molar-refractivity contribution >= 4 is 29.4 Å². The molecule has 1 amide bonds. The van der Waals surface area contributed by atoms with E-state index in [1.165, 1.54) is 16.8 Å². The molecule has 0 spiro atoms. The van der Waals surface area contributed by atoms with E-state index in [9.17, 15) is 18.0 Å². The molecule has 4 nitrogen and oxygen atoms in total. The van der Waals surface area contributed by atoms with Crippen molar-refractivity contribution < 1.29 is 18.0 Å². The fourth-order valence-corrected chi connectivity index (χ4v) is 1.91. The molecule has 0 unspecified atom stereocenters. The van der Waals surface area contributed by atoms with Crippen molar-refractivity contribution in [2.24, 2.45) is 7.05 Å². The minimum absolute atomic E-state index is 0.216. The second-order valence-corrected chi connectivity index (χ2v) is 4.84. The van der Waals surface area contributed by atoms with Crippen molar-refractivity contribution in [1.82, 2.24) is 9.78 Å². The number of anilines is 1. The number of alkyl halides is 3. The largest absolute Gasteiger partial charge is 0.417 e. The van der Waals surface area contributed by atoms with Gasteiger partial charge in [-0.15, -0.1) is 0 Å². The van der Waals surface area contributed by atoms with Gasteiger partial charge in [-0.05, 0) is 23.8 Å². The summed E-state index contributed by atoms with van der Waals surface area (Å²) in [4.78, 5) is 11.6. The molecule has 0 fully saturated rings. The van der Waals surface area contributed by atoms with Gasteiger partial charge in [0.2, 0.25) is 5.91 Å². The number of aromatic nitrogens is 2. The molecule has 8 heteroatoms. The first-order valence-corrected chi connectivity index (χ1v) is 6.49. The zero-order chi connectivity index (χ0) is 16.3. The number of halogens is 4. The molecular formula is C14H11ClF3N3O. The Morgan fingerprint density at radius 2 is 2.09 bits per heavy atom. The predicted octanol–water partition coefficient (Wildman–Crippen LogP) is 3.74. The molecule has 2 rings (SSSR count). The maximum Gasteiger partial charge on any atom is 0.417 e. The van der Waals surface area contributed by atoms with Gasteiger partial charge in [0, 0.05) is 25.4 Å². The summed E-state index contributed by atoms with van der Waals surface area (Å²) in [7, 11) is 1.69. The van der Waals surface area contributed by atoms with Crippen molar-refractivity contribution in [3.05, 3.63) is 52.7 Å². The molecule has 1 heterocycles. The van der Waals surface area contributed by atoms with Crippen molar-refractivity contribution in [1.29, 1.82) is 0 Å². The Morgan fingerprint density at radius 3 is 2.68 bits per heavy atom. The van der Waals surface area contributed by atoms with Crippen molar-refractivity contribution in [3.8, 4) is 0 Å². The van der Waals surface area contributed by atoms with E-state index in [4.69, 9.17) is 11.6 Å². The minimum Gasteiger partial charge on any atom is -0.306 e. The molecule has 1 aromatic carbocycles. The molecule has 22 heavy (non-hydrogen) atoms. The number of hydrogen-bond acceptors (Lipinski definition) is 2. The fourth-order valence-electron chi connectivity index (χ4n) is 1.69. The number of hydrogen-bond donors (Lipinski definition) is 1. The van der Waals surface area contributed by atoms with Gasteiger partial charge in [0.05, 0.1) is 10.6 Å². The Morgan fingerprint density at radius 1 is 1.36 bits per heavy atom. The summed E-state index contributed by atoms with van der Waals surface area (Å²) >= 11 is 5.52. The highest BCUT2D eigenvalue weighted by atomic mass is 35.5. The summed E-state index contributed by atoms with van der Waals surface area (Å²) in [6.07, 6.45) is -0.507. The van der Waals surface area contributed by atoms with E-state index in [2.05, 4.69) is 10.4 Å². The third-order valence-corrected chi connectivity index (χ3v) is 3.02. The number of benzene rings is 1. The molecular weight excluding hydrogens is 319 g/mol. The normalized spacial score (nSPS) is 11.9. The quantitative estimate of drug-likeness (QED) is 0.872. The number of carbonyl (C=O) groups is 1. The van der Waals surface area contributed by atoms with E-state index in [1.807, 2.05) is 0 Å². The molecule has 0 atom stereocenters. The molecule has 2 aromatic rings. The van der Waals surface area contributed by atoms with Crippen LogP contribution in [0.1, 0.15) is 11.1 Å². The Kier molecular flexibility index (Phi) is 4.56. The average molecular weight is 330 g/mol. The zero-order valence-electron chi connectivity index (χ0n) is 11.4. The van der Waals surface area contributed by atoms with Crippen molar-refractivity contribution in [3.63, 3.8) is 0 Å². The SMILES string of the molecule is Cn1ccc(NC(=O)C=Cc2ccc(Cl)c(C(F)(F)F)c2)n1. The van der Waals surface area contributed by atoms with E-state index in [-0.39, 0.29) is 10.6 Å². The predicted molar refractivity (Wildman–Crippen MR) is 77.3 cm³/mol. The maximum absolute atomic E-state index is 12.7. The third kappa shape index (κ3) is 4.11. The summed E-state index contributed by atoms with van der Waals surface area (Å²) in [5.74, 6) is -0.147. The minimum atomic E-state index is -4.54. The Balaban J connectivity index is 2.11. The van der Waals surface area contributed by atoms with Gasteiger partial charge in [-0.1, -0.05) is 17.7 Å². The van der Waals surface area contributed by atoms with E-state index in [0.29, 0.717) is 5.82 Å². The van der Waals surface area contributed by atoms with Crippen molar-refractivity contribution in [2.45, 2.75) is 6.18 Å². The molecule has 0 saturated carbocycles. The molecule has 0 aliphatic rings. The van der Waals surface area contributed by atoms with Gasteiger partial charge in [0.25, 0.3) is 0 Å². The van der Waals surface area contributed by atoms with Crippen molar-refractivity contribution in [2.75, 3.05) is 5.32 Å². The summed E-state index contributed by atoms with van der Waals surface area (Å²) in [6, 6.07) is 5.01. The van der Waals surface area contributed by atoms with Gasteiger partial charge < -0.3 is 5.32 Å². The number of rotatable bonds is 3. The highest BCUT2D eigenvalue weighted by Crippen LogP contribution is 2.35. The molecule has 116 valence electrons. The standard InChI is InChI=1S/C14H11ClF3N3O/c1-21-7-6-12(20-21)19-13(22)5-3-9-2-4-11(15)10(8-9)14(16,17)18/h2-8H,1H3,(H,19,20,22). The maximum atomic E-state index is 12.7. The number of carbonyl (C=O) groups excluding carboxylic acids is 1. The average Bonchev–Trinajstić information content (AvgIpc) is 2.82. The molecule has 0 bridgehead atoms. The number of amides is 1. The molecule has 1 aromatic heterocycles. The van der Waals surface area contributed by atoms with Crippen LogP contribution in [0.2, 0.25) is 5.02 Å². The fraction of sp³-hybridized carbons (Fsp3) is 0.143. The lowest BCUT2D eigenvalue weighted by Crippen LogP contribution is -2.08. The highest BCUT2D eigenvalue weighted by molar-refractivity contribution is 6.31.